The number of esters is 1. The molecule has 22 heavy (non-hydrogen) atoms. The number of hydrogen-bond acceptors (Lipinski definition) is 6. The van der Waals surface area contributed by atoms with Crippen molar-refractivity contribution in [2.45, 2.75) is 0 Å². The Hall–Kier alpha value is -2.80. The molecule has 0 saturated heterocycles. The topological polar surface area (TPSA) is 81.2 Å². The number of carbonyl (C=O) groups is 2. The zero-order valence-electron chi connectivity index (χ0n) is 11.6. The van der Waals surface area contributed by atoms with Gasteiger partial charge in [0.15, 0.2) is 0 Å². The van der Waals surface area contributed by atoms with Crippen molar-refractivity contribution in [3.05, 3.63) is 53.6 Å². The minimum Gasteiger partial charge on any atom is -0.465 e. The lowest BCUT2D eigenvalue weighted by atomic mass is 10.1. The van der Waals surface area contributed by atoms with E-state index in [9.17, 15) is 9.59 Å². The van der Waals surface area contributed by atoms with Crippen LogP contribution in [0.2, 0.25) is 0 Å². The molecule has 7 heteroatoms. The van der Waals surface area contributed by atoms with E-state index in [-0.39, 0.29) is 5.91 Å². The molecule has 0 aliphatic rings. The quantitative estimate of drug-likeness (QED) is 0.752. The number of anilines is 1. The molecular weight excluding hydrogens is 302 g/mol. The molecule has 1 N–H and O–H groups in total. The number of methoxy groups -OCH3 is 1. The van der Waals surface area contributed by atoms with Crippen LogP contribution in [0.15, 0.2) is 42.5 Å². The molecule has 6 nitrogen and oxygen atoms in total. The van der Waals surface area contributed by atoms with Crippen LogP contribution >= 0.6 is 11.5 Å². The summed E-state index contributed by atoms with van der Waals surface area (Å²) in [5.41, 5.74) is 2.32. The van der Waals surface area contributed by atoms with Gasteiger partial charge in [0.1, 0.15) is 5.52 Å². The van der Waals surface area contributed by atoms with Crippen molar-refractivity contribution in [1.29, 1.82) is 0 Å². The standard InChI is InChI=1S/C15H11N3O3S/c1-21-15(20)9-2-5-11(6-3-9)16-14(19)10-4-7-12-13(8-10)22-18-17-12/h2-8H,1H3,(H,16,19). The van der Waals surface area contributed by atoms with Crippen LogP contribution < -0.4 is 5.32 Å². The maximum atomic E-state index is 12.2. The SMILES string of the molecule is COC(=O)c1ccc(NC(=O)c2ccc3nnsc3c2)cc1. The molecule has 2 aromatic carbocycles. The fourth-order valence-electron chi connectivity index (χ4n) is 1.93. The number of benzene rings is 2. The number of nitrogens with zero attached hydrogens (tertiary/aromatic N) is 2. The molecule has 0 fully saturated rings. The Bertz CT molecular complexity index is 843. The summed E-state index contributed by atoms with van der Waals surface area (Å²) in [6.45, 7) is 0. The molecular formula is C15H11N3O3S. The van der Waals surface area contributed by atoms with Crippen molar-refractivity contribution in [3.63, 3.8) is 0 Å². The predicted molar refractivity (Wildman–Crippen MR) is 83.1 cm³/mol. The van der Waals surface area contributed by atoms with E-state index >= 15 is 0 Å². The van der Waals surface area contributed by atoms with E-state index in [1.54, 1.807) is 42.5 Å². The summed E-state index contributed by atoms with van der Waals surface area (Å²) in [5.74, 6) is -0.651. The first-order valence-corrected chi connectivity index (χ1v) is 7.16. The molecule has 1 heterocycles. The fraction of sp³-hybridized carbons (Fsp3) is 0.0667. The van der Waals surface area contributed by atoms with E-state index in [1.165, 1.54) is 18.6 Å². The number of amides is 1. The minimum absolute atomic E-state index is 0.235. The number of fused-ring (bicyclic) bond motifs is 1. The Labute approximate surface area is 129 Å². The van der Waals surface area contributed by atoms with Gasteiger partial charge in [0.2, 0.25) is 0 Å². The van der Waals surface area contributed by atoms with Gasteiger partial charge in [-0.25, -0.2) is 4.79 Å². The van der Waals surface area contributed by atoms with Gasteiger partial charge in [-0.3, -0.25) is 4.79 Å². The second-order valence-electron chi connectivity index (χ2n) is 4.48. The largest absolute Gasteiger partial charge is 0.465 e. The van der Waals surface area contributed by atoms with Crippen molar-refractivity contribution < 1.29 is 14.3 Å². The number of carbonyl (C=O) groups excluding carboxylic acids is 2. The van der Waals surface area contributed by atoms with Crippen LogP contribution in [-0.2, 0) is 4.74 Å². The second kappa shape index (κ2) is 5.90. The average Bonchev–Trinajstić information content (AvgIpc) is 3.02. The molecule has 0 radical (unpaired) electrons. The third kappa shape index (κ3) is 2.79. The molecule has 0 saturated carbocycles. The van der Waals surface area contributed by atoms with Crippen LogP contribution in [0.5, 0.6) is 0 Å². The van der Waals surface area contributed by atoms with Gasteiger partial charge in [0.05, 0.1) is 17.4 Å². The smallest absolute Gasteiger partial charge is 0.337 e. The van der Waals surface area contributed by atoms with Gasteiger partial charge in [-0.15, -0.1) is 5.10 Å². The molecule has 1 amide bonds. The molecule has 3 aromatic rings. The van der Waals surface area contributed by atoms with Gasteiger partial charge in [-0.2, -0.15) is 0 Å². The van der Waals surface area contributed by atoms with Crippen molar-refractivity contribution in [1.82, 2.24) is 9.59 Å². The maximum absolute atomic E-state index is 12.2. The van der Waals surface area contributed by atoms with Crippen molar-refractivity contribution in [3.8, 4) is 0 Å². The lowest BCUT2D eigenvalue weighted by Crippen LogP contribution is -2.12. The van der Waals surface area contributed by atoms with Crippen molar-refractivity contribution in [2.24, 2.45) is 0 Å². The third-order valence-corrected chi connectivity index (χ3v) is 3.76. The van der Waals surface area contributed by atoms with Crippen LogP contribution in [0.25, 0.3) is 10.2 Å². The highest BCUT2D eigenvalue weighted by Gasteiger charge is 2.09. The van der Waals surface area contributed by atoms with Gasteiger partial charge in [-0.05, 0) is 54.0 Å². The molecule has 0 bridgehead atoms. The third-order valence-electron chi connectivity index (χ3n) is 3.07. The summed E-state index contributed by atoms with van der Waals surface area (Å²) in [7, 11) is 1.32. The van der Waals surface area contributed by atoms with Crippen LogP contribution in [0, 0.1) is 0 Å². The Morgan fingerprint density at radius 1 is 1.09 bits per heavy atom. The number of aromatic nitrogens is 2. The predicted octanol–water partition coefficient (Wildman–Crippen LogP) is 2.73. The highest BCUT2D eigenvalue weighted by Crippen LogP contribution is 2.18. The molecule has 0 spiro atoms. The van der Waals surface area contributed by atoms with E-state index in [1.807, 2.05) is 0 Å². The molecule has 3 rings (SSSR count). The second-order valence-corrected chi connectivity index (χ2v) is 5.26. The summed E-state index contributed by atoms with van der Waals surface area (Å²) in [4.78, 5) is 23.6. The Balaban J connectivity index is 1.77. The average molecular weight is 313 g/mol. The Morgan fingerprint density at radius 2 is 1.82 bits per heavy atom. The minimum atomic E-state index is -0.416. The number of ether oxygens (including phenoxy) is 1. The normalized spacial score (nSPS) is 10.4. The monoisotopic (exact) mass is 313 g/mol. The van der Waals surface area contributed by atoms with Crippen LogP contribution in [-0.4, -0.2) is 28.6 Å². The van der Waals surface area contributed by atoms with Gasteiger partial charge in [0, 0.05) is 11.3 Å². The van der Waals surface area contributed by atoms with Crippen molar-refractivity contribution in [2.75, 3.05) is 12.4 Å². The molecule has 0 aliphatic heterocycles. The summed E-state index contributed by atoms with van der Waals surface area (Å²) < 4.78 is 9.31. The summed E-state index contributed by atoms with van der Waals surface area (Å²) in [6, 6.07) is 11.7. The molecule has 0 unspecified atom stereocenters. The number of hydrogen-bond donors (Lipinski definition) is 1. The van der Waals surface area contributed by atoms with Crippen LogP contribution in [0.3, 0.4) is 0 Å². The van der Waals surface area contributed by atoms with Crippen molar-refractivity contribution >= 4 is 39.3 Å². The van der Waals surface area contributed by atoms with Gasteiger partial charge in [-0.1, -0.05) is 4.49 Å². The lowest BCUT2D eigenvalue weighted by molar-refractivity contribution is 0.0600. The number of rotatable bonds is 3. The van der Waals surface area contributed by atoms with E-state index in [2.05, 4.69) is 19.6 Å². The zero-order valence-corrected chi connectivity index (χ0v) is 12.4. The van der Waals surface area contributed by atoms with E-state index < -0.39 is 5.97 Å². The van der Waals surface area contributed by atoms with E-state index in [0.717, 1.165) is 10.2 Å². The van der Waals surface area contributed by atoms with Gasteiger partial charge in [0.25, 0.3) is 5.91 Å². The first kappa shape index (κ1) is 14.2. The maximum Gasteiger partial charge on any atom is 0.337 e. The summed E-state index contributed by atoms with van der Waals surface area (Å²) in [6.07, 6.45) is 0. The van der Waals surface area contributed by atoms with Gasteiger partial charge < -0.3 is 10.1 Å². The van der Waals surface area contributed by atoms with E-state index in [4.69, 9.17) is 0 Å². The summed E-state index contributed by atoms with van der Waals surface area (Å²) in [5, 5.41) is 6.70. The zero-order chi connectivity index (χ0) is 15.5. The van der Waals surface area contributed by atoms with E-state index in [0.29, 0.717) is 16.8 Å². The molecule has 0 aliphatic carbocycles. The highest BCUT2D eigenvalue weighted by atomic mass is 32.1. The van der Waals surface area contributed by atoms with Gasteiger partial charge >= 0.3 is 5.97 Å². The number of nitrogens with one attached hydrogen (secondary N) is 1. The lowest BCUT2D eigenvalue weighted by Gasteiger charge is -2.06. The molecule has 110 valence electrons. The Kier molecular flexibility index (Phi) is 3.80. The Morgan fingerprint density at radius 3 is 2.55 bits per heavy atom. The van der Waals surface area contributed by atoms with Crippen LogP contribution in [0.1, 0.15) is 20.7 Å². The summed E-state index contributed by atoms with van der Waals surface area (Å²) >= 11 is 1.24. The van der Waals surface area contributed by atoms with Crippen LogP contribution in [0.4, 0.5) is 5.69 Å². The molecule has 0 atom stereocenters. The molecule has 1 aromatic heterocycles. The first-order chi connectivity index (χ1) is 10.7. The first-order valence-electron chi connectivity index (χ1n) is 6.39. The highest BCUT2D eigenvalue weighted by molar-refractivity contribution is 7.12. The fourth-order valence-corrected chi connectivity index (χ4v) is 2.53.